The number of hydrogen-bond acceptors (Lipinski definition) is 4. The number of hydrogen-bond donors (Lipinski definition) is 2. The molecule has 3 aromatic rings. The second kappa shape index (κ2) is 7.65. The van der Waals surface area contributed by atoms with E-state index in [-0.39, 0.29) is 23.6 Å². The number of benzene rings is 1. The molecule has 1 aromatic carbocycles. The summed E-state index contributed by atoms with van der Waals surface area (Å²) in [5.74, 6) is -0.366. The maximum absolute atomic E-state index is 12.5. The number of nitrogens with one attached hydrogen (secondary N) is 2. The Labute approximate surface area is 151 Å². The van der Waals surface area contributed by atoms with Crippen molar-refractivity contribution in [2.45, 2.75) is 19.9 Å². The zero-order valence-electron chi connectivity index (χ0n) is 14.5. The van der Waals surface area contributed by atoms with Gasteiger partial charge in [-0.25, -0.2) is 0 Å². The van der Waals surface area contributed by atoms with E-state index < -0.39 is 0 Å². The first-order chi connectivity index (χ1) is 12.5. The number of furan rings is 1. The summed E-state index contributed by atoms with van der Waals surface area (Å²) in [5, 5.41) is 5.71. The van der Waals surface area contributed by atoms with Gasteiger partial charge in [0.2, 0.25) is 0 Å². The third-order valence-electron chi connectivity index (χ3n) is 4.05. The molecule has 6 heteroatoms. The van der Waals surface area contributed by atoms with Crippen LogP contribution in [0.2, 0.25) is 0 Å². The lowest BCUT2D eigenvalue weighted by molar-refractivity contribution is 0.0938. The van der Waals surface area contributed by atoms with Crippen LogP contribution in [0.15, 0.2) is 65.5 Å². The second-order valence-electron chi connectivity index (χ2n) is 5.94. The quantitative estimate of drug-likeness (QED) is 0.735. The standard InChI is InChI=1S/C20H19N3O3/c1-13-5-6-16(12-17(13)23-20(25)18-4-3-11-26-18)19(24)22-14(2)15-7-9-21-10-8-15/h3-12,14H,1-2H3,(H,22,24)(H,23,25)/t14-/m1/s1. The fourth-order valence-electron chi connectivity index (χ4n) is 2.51. The number of aromatic nitrogens is 1. The molecule has 0 saturated carbocycles. The Balaban J connectivity index is 1.74. The number of amides is 2. The molecule has 0 aliphatic rings. The van der Waals surface area contributed by atoms with Crippen LogP contribution >= 0.6 is 0 Å². The van der Waals surface area contributed by atoms with Crippen LogP contribution in [0.5, 0.6) is 0 Å². The molecule has 6 nitrogen and oxygen atoms in total. The average Bonchev–Trinajstić information content (AvgIpc) is 3.19. The van der Waals surface area contributed by atoms with E-state index in [9.17, 15) is 9.59 Å². The molecule has 1 atom stereocenters. The number of anilines is 1. The van der Waals surface area contributed by atoms with Crippen molar-refractivity contribution in [2.75, 3.05) is 5.32 Å². The van der Waals surface area contributed by atoms with Crippen molar-refractivity contribution in [3.8, 4) is 0 Å². The van der Waals surface area contributed by atoms with Gasteiger partial charge in [-0.2, -0.15) is 0 Å². The van der Waals surface area contributed by atoms with Crippen LogP contribution in [0.3, 0.4) is 0 Å². The Morgan fingerprint density at radius 1 is 1.08 bits per heavy atom. The minimum atomic E-state index is -0.360. The molecule has 2 N–H and O–H groups in total. The second-order valence-corrected chi connectivity index (χ2v) is 5.94. The van der Waals surface area contributed by atoms with Gasteiger partial charge in [-0.05, 0) is 61.4 Å². The number of carbonyl (C=O) groups is 2. The highest BCUT2D eigenvalue weighted by atomic mass is 16.3. The molecule has 0 bridgehead atoms. The summed E-state index contributed by atoms with van der Waals surface area (Å²) in [6.07, 6.45) is 4.81. The van der Waals surface area contributed by atoms with Crippen LogP contribution in [0.1, 0.15) is 45.0 Å². The molecule has 2 aromatic heterocycles. The van der Waals surface area contributed by atoms with Gasteiger partial charge >= 0.3 is 0 Å². The number of rotatable bonds is 5. The van der Waals surface area contributed by atoms with Gasteiger partial charge in [0.05, 0.1) is 12.3 Å². The minimum Gasteiger partial charge on any atom is -0.459 e. The molecular weight excluding hydrogens is 330 g/mol. The summed E-state index contributed by atoms with van der Waals surface area (Å²) in [4.78, 5) is 28.7. The molecule has 2 amide bonds. The fraction of sp³-hybridized carbons (Fsp3) is 0.150. The van der Waals surface area contributed by atoms with Crippen molar-refractivity contribution in [1.29, 1.82) is 0 Å². The fourth-order valence-corrected chi connectivity index (χ4v) is 2.51. The van der Waals surface area contributed by atoms with Crippen molar-refractivity contribution in [3.05, 3.63) is 83.6 Å². The topological polar surface area (TPSA) is 84.2 Å². The Kier molecular flexibility index (Phi) is 5.12. The molecule has 132 valence electrons. The molecule has 0 unspecified atom stereocenters. The number of pyridine rings is 1. The van der Waals surface area contributed by atoms with Gasteiger partial charge in [-0.1, -0.05) is 6.07 Å². The number of aryl methyl sites for hydroxylation is 1. The van der Waals surface area contributed by atoms with E-state index in [4.69, 9.17) is 4.42 Å². The van der Waals surface area contributed by atoms with Crippen LogP contribution in [-0.2, 0) is 0 Å². The van der Waals surface area contributed by atoms with E-state index in [1.54, 1.807) is 42.7 Å². The Hall–Kier alpha value is -3.41. The lowest BCUT2D eigenvalue weighted by Crippen LogP contribution is -2.26. The smallest absolute Gasteiger partial charge is 0.291 e. The monoisotopic (exact) mass is 349 g/mol. The van der Waals surface area contributed by atoms with Gasteiger partial charge in [0, 0.05) is 23.6 Å². The van der Waals surface area contributed by atoms with Crippen LogP contribution < -0.4 is 10.6 Å². The summed E-state index contributed by atoms with van der Waals surface area (Å²) < 4.78 is 5.09. The number of carbonyl (C=O) groups excluding carboxylic acids is 2. The van der Waals surface area contributed by atoms with Crippen molar-refractivity contribution >= 4 is 17.5 Å². The molecule has 0 aliphatic heterocycles. The van der Waals surface area contributed by atoms with Gasteiger partial charge in [-0.3, -0.25) is 14.6 Å². The molecule has 26 heavy (non-hydrogen) atoms. The largest absolute Gasteiger partial charge is 0.459 e. The molecule has 0 radical (unpaired) electrons. The SMILES string of the molecule is Cc1ccc(C(=O)N[C@H](C)c2ccncc2)cc1NC(=O)c1ccco1. The van der Waals surface area contributed by atoms with E-state index in [2.05, 4.69) is 15.6 Å². The van der Waals surface area contributed by atoms with E-state index >= 15 is 0 Å². The van der Waals surface area contributed by atoms with E-state index in [1.165, 1.54) is 6.26 Å². The van der Waals surface area contributed by atoms with Gasteiger partial charge < -0.3 is 15.1 Å². The first-order valence-electron chi connectivity index (χ1n) is 8.21. The first-order valence-corrected chi connectivity index (χ1v) is 8.21. The summed E-state index contributed by atoms with van der Waals surface area (Å²) >= 11 is 0. The van der Waals surface area contributed by atoms with Crippen molar-refractivity contribution in [1.82, 2.24) is 10.3 Å². The Morgan fingerprint density at radius 3 is 2.54 bits per heavy atom. The summed E-state index contributed by atoms with van der Waals surface area (Å²) in [6, 6.07) is 12.0. The molecule has 0 fully saturated rings. The zero-order valence-corrected chi connectivity index (χ0v) is 14.5. The van der Waals surface area contributed by atoms with Gasteiger partial charge in [0.15, 0.2) is 5.76 Å². The first kappa shape index (κ1) is 17.4. The molecular formula is C20H19N3O3. The summed E-state index contributed by atoms with van der Waals surface area (Å²) in [6.45, 7) is 3.76. The normalized spacial score (nSPS) is 11.6. The highest BCUT2D eigenvalue weighted by Gasteiger charge is 2.15. The predicted octanol–water partition coefficient (Wildman–Crippen LogP) is 3.73. The highest BCUT2D eigenvalue weighted by Crippen LogP contribution is 2.19. The number of nitrogens with zero attached hydrogens (tertiary/aromatic N) is 1. The van der Waals surface area contributed by atoms with Crippen LogP contribution in [0, 0.1) is 6.92 Å². The molecule has 3 rings (SSSR count). The van der Waals surface area contributed by atoms with E-state index in [0.29, 0.717) is 11.3 Å². The maximum Gasteiger partial charge on any atom is 0.291 e. The van der Waals surface area contributed by atoms with Crippen molar-refractivity contribution in [2.24, 2.45) is 0 Å². The average molecular weight is 349 g/mol. The molecule has 0 spiro atoms. The molecule has 0 saturated heterocycles. The molecule has 2 heterocycles. The Morgan fingerprint density at radius 2 is 1.85 bits per heavy atom. The van der Waals surface area contributed by atoms with Crippen LogP contribution in [0.25, 0.3) is 0 Å². The lowest BCUT2D eigenvalue weighted by atomic mass is 10.1. The molecule has 0 aliphatic carbocycles. The van der Waals surface area contributed by atoms with Gasteiger partial charge in [0.25, 0.3) is 11.8 Å². The maximum atomic E-state index is 12.5. The van der Waals surface area contributed by atoms with Gasteiger partial charge in [0.1, 0.15) is 0 Å². The van der Waals surface area contributed by atoms with Crippen molar-refractivity contribution < 1.29 is 14.0 Å². The minimum absolute atomic E-state index is 0.159. The zero-order chi connectivity index (χ0) is 18.5. The van der Waals surface area contributed by atoms with E-state index in [0.717, 1.165) is 11.1 Å². The summed E-state index contributed by atoms with van der Waals surface area (Å²) in [5.41, 5.74) is 2.84. The summed E-state index contributed by atoms with van der Waals surface area (Å²) in [7, 11) is 0. The lowest BCUT2D eigenvalue weighted by Gasteiger charge is -2.15. The van der Waals surface area contributed by atoms with Gasteiger partial charge in [-0.15, -0.1) is 0 Å². The highest BCUT2D eigenvalue weighted by molar-refractivity contribution is 6.04. The van der Waals surface area contributed by atoms with Crippen molar-refractivity contribution in [3.63, 3.8) is 0 Å². The predicted molar refractivity (Wildman–Crippen MR) is 98.0 cm³/mol. The van der Waals surface area contributed by atoms with E-state index in [1.807, 2.05) is 26.0 Å². The van der Waals surface area contributed by atoms with Crippen LogP contribution in [0.4, 0.5) is 5.69 Å². The third kappa shape index (κ3) is 3.97. The van der Waals surface area contributed by atoms with Crippen LogP contribution in [-0.4, -0.2) is 16.8 Å². The Bertz CT molecular complexity index is 905. The third-order valence-corrected chi connectivity index (χ3v) is 4.05.